The van der Waals surface area contributed by atoms with Crippen molar-refractivity contribution in [3.05, 3.63) is 54.8 Å². The minimum atomic E-state index is -1.07. The molecule has 1 saturated heterocycles. The first-order valence-corrected chi connectivity index (χ1v) is 9.54. The van der Waals surface area contributed by atoms with E-state index < -0.39 is 12.0 Å². The highest BCUT2D eigenvalue weighted by Gasteiger charge is 2.41. The van der Waals surface area contributed by atoms with Crippen molar-refractivity contribution in [2.45, 2.75) is 30.7 Å². The lowest BCUT2D eigenvalue weighted by Crippen LogP contribution is -2.56. The molecule has 2 N–H and O–H groups in total. The minimum absolute atomic E-state index is 0.0644. The van der Waals surface area contributed by atoms with Crippen LogP contribution in [0, 0.1) is 5.82 Å². The molecule has 0 aliphatic carbocycles. The van der Waals surface area contributed by atoms with Gasteiger partial charge >= 0.3 is 0 Å². The van der Waals surface area contributed by atoms with Gasteiger partial charge in [-0.25, -0.2) is 18.4 Å². The molecule has 2 bridgehead atoms. The molecule has 3 aromatic rings. The fourth-order valence-electron chi connectivity index (χ4n) is 3.98. The molecule has 2 aromatic heterocycles. The Morgan fingerprint density at radius 1 is 1.23 bits per heavy atom. The van der Waals surface area contributed by atoms with E-state index in [1.165, 1.54) is 23.1 Å². The first kappa shape index (κ1) is 18.6. The summed E-state index contributed by atoms with van der Waals surface area (Å²) in [6.45, 7) is 0. The zero-order chi connectivity index (χ0) is 20.8. The van der Waals surface area contributed by atoms with Crippen molar-refractivity contribution in [2.75, 3.05) is 11.9 Å². The quantitative estimate of drug-likeness (QED) is 0.635. The Kier molecular flexibility index (Phi) is 4.43. The molecule has 8 nitrogen and oxygen atoms in total. The minimum Gasteiger partial charge on any atom is -0.507 e. The molecule has 1 unspecified atom stereocenters. The maximum atomic E-state index is 14.8. The first-order valence-electron chi connectivity index (χ1n) is 9.54. The largest absolute Gasteiger partial charge is 0.507 e. The molecule has 4 heterocycles. The molecule has 0 amide bonds. The van der Waals surface area contributed by atoms with E-state index in [1.807, 2.05) is 12.2 Å². The van der Waals surface area contributed by atoms with Gasteiger partial charge in [-0.3, -0.25) is 0 Å². The number of rotatable bonds is 4. The van der Waals surface area contributed by atoms with Gasteiger partial charge < -0.3 is 15.3 Å². The van der Waals surface area contributed by atoms with Crippen molar-refractivity contribution in [1.29, 1.82) is 0 Å². The lowest BCUT2D eigenvalue weighted by atomic mass is 9.96. The molecule has 0 spiro atoms. The summed E-state index contributed by atoms with van der Waals surface area (Å²) in [4.78, 5) is 6.04. The number of anilines is 1. The Bertz CT molecular complexity index is 1100. The topological polar surface area (TPSA) is 92.0 Å². The third kappa shape index (κ3) is 3.18. The van der Waals surface area contributed by atoms with Gasteiger partial charge in [0.2, 0.25) is 5.95 Å². The molecule has 5 rings (SSSR count). The number of hydrogen-bond acceptors (Lipinski definition) is 7. The van der Waals surface area contributed by atoms with Crippen LogP contribution in [0.2, 0.25) is 0 Å². The van der Waals surface area contributed by atoms with E-state index in [-0.39, 0.29) is 23.9 Å². The van der Waals surface area contributed by atoms with Gasteiger partial charge in [0.15, 0.2) is 5.82 Å². The number of alkyl halides is 1. The van der Waals surface area contributed by atoms with E-state index in [4.69, 9.17) is 0 Å². The van der Waals surface area contributed by atoms with Gasteiger partial charge in [0.1, 0.15) is 17.6 Å². The number of halogens is 2. The summed E-state index contributed by atoms with van der Waals surface area (Å²) >= 11 is 0. The van der Waals surface area contributed by atoms with E-state index in [0.717, 1.165) is 6.20 Å². The van der Waals surface area contributed by atoms with E-state index >= 15 is 0 Å². The fraction of sp³-hybridized carbons (Fsp3) is 0.300. The van der Waals surface area contributed by atoms with Crippen LogP contribution < -0.4 is 10.2 Å². The molecular formula is C20H19F2N7O. The lowest BCUT2D eigenvalue weighted by Gasteiger charge is -2.38. The number of nitrogens with zero attached hydrogens (tertiary/aromatic N) is 6. The molecule has 30 heavy (non-hydrogen) atoms. The normalized spacial score (nSPS) is 24.9. The van der Waals surface area contributed by atoms with Gasteiger partial charge in [-0.15, -0.1) is 10.2 Å². The average molecular weight is 411 g/mol. The zero-order valence-electron chi connectivity index (χ0n) is 16.0. The highest BCUT2D eigenvalue weighted by atomic mass is 19.1. The Morgan fingerprint density at radius 3 is 2.80 bits per heavy atom. The van der Waals surface area contributed by atoms with Crippen LogP contribution in [0.15, 0.2) is 48.9 Å². The second kappa shape index (κ2) is 7.13. The summed E-state index contributed by atoms with van der Waals surface area (Å²) < 4.78 is 29.2. The average Bonchev–Trinajstić information content (AvgIpc) is 3.37. The smallest absolute Gasteiger partial charge is 0.245 e. The second-order valence-electron chi connectivity index (χ2n) is 7.49. The van der Waals surface area contributed by atoms with Gasteiger partial charge in [-0.1, -0.05) is 12.2 Å². The Labute approximate surface area is 170 Å². The van der Waals surface area contributed by atoms with E-state index in [1.54, 1.807) is 24.1 Å². The van der Waals surface area contributed by atoms with Gasteiger partial charge in [0, 0.05) is 24.7 Å². The van der Waals surface area contributed by atoms with Crippen molar-refractivity contribution in [3.63, 3.8) is 0 Å². The number of aromatic hydroxyl groups is 1. The fourth-order valence-corrected chi connectivity index (χ4v) is 3.98. The number of benzene rings is 1. The van der Waals surface area contributed by atoms with Crippen molar-refractivity contribution in [1.82, 2.24) is 30.3 Å². The van der Waals surface area contributed by atoms with Crippen LogP contribution in [-0.2, 0) is 0 Å². The van der Waals surface area contributed by atoms with E-state index in [0.29, 0.717) is 29.3 Å². The van der Waals surface area contributed by atoms with E-state index in [2.05, 4.69) is 25.6 Å². The van der Waals surface area contributed by atoms with Crippen LogP contribution in [0.3, 0.4) is 0 Å². The molecule has 10 heteroatoms. The molecule has 4 atom stereocenters. The highest BCUT2D eigenvalue weighted by molar-refractivity contribution is 5.68. The summed E-state index contributed by atoms with van der Waals surface area (Å²) in [6.07, 6.45) is 7.20. The third-order valence-electron chi connectivity index (χ3n) is 5.60. The van der Waals surface area contributed by atoms with Gasteiger partial charge in [-0.05, 0) is 18.6 Å². The van der Waals surface area contributed by atoms with Crippen LogP contribution in [0.1, 0.15) is 6.42 Å². The maximum Gasteiger partial charge on any atom is 0.245 e. The van der Waals surface area contributed by atoms with Gasteiger partial charge in [0.25, 0.3) is 0 Å². The van der Waals surface area contributed by atoms with Crippen molar-refractivity contribution in [2.24, 2.45) is 0 Å². The number of fused-ring (bicyclic) bond motifs is 2. The Balaban J connectivity index is 1.36. The molecular weight excluding hydrogens is 392 g/mol. The van der Waals surface area contributed by atoms with Crippen LogP contribution in [0.25, 0.3) is 16.9 Å². The second-order valence-corrected chi connectivity index (χ2v) is 7.49. The van der Waals surface area contributed by atoms with Crippen LogP contribution in [0.4, 0.5) is 14.7 Å². The van der Waals surface area contributed by atoms with Crippen molar-refractivity contribution in [3.8, 4) is 22.7 Å². The van der Waals surface area contributed by atoms with Crippen LogP contribution >= 0.6 is 0 Å². The SMILES string of the molecule is CN(c1ncc(-c2ccc(-n3cc(F)cn3)cc2O)nn1)[C@H]1C[C@@H]2C=CC(N2)[C@H]1F. The number of aromatic nitrogens is 5. The number of phenolic OH excluding ortho intramolecular Hbond substituents is 1. The van der Waals surface area contributed by atoms with Crippen molar-refractivity contribution >= 4 is 5.95 Å². The molecule has 1 aromatic carbocycles. The molecule has 1 fully saturated rings. The summed E-state index contributed by atoms with van der Waals surface area (Å²) in [5, 5.41) is 25.8. The molecule has 2 aliphatic heterocycles. The summed E-state index contributed by atoms with van der Waals surface area (Å²) in [5.74, 6) is -0.220. The van der Waals surface area contributed by atoms with E-state index in [9.17, 15) is 13.9 Å². The Morgan fingerprint density at radius 2 is 2.10 bits per heavy atom. The molecule has 0 saturated carbocycles. The first-order chi connectivity index (χ1) is 14.5. The van der Waals surface area contributed by atoms with Crippen LogP contribution in [0.5, 0.6) is 5.75 Å². The van der Waals surface area contributed by atoms with Crippen LogP contribution in [-0.4, -0.2) is 61.4 Å². The Hall–Kier alpha value is -3.40. The third-order valence-corrected chi connectivity index (χ3v) is 5.60. The highest BCUT2D eigenvalue weighted by Crippen LogP contribution is 2.31. The predicted octanol–water partition coefficient (Wildman–Crippen LogP) is 2.01. The van der Waals surface area contributed by atoms with Gasteiger partial charge in [-0.2, -0.15) is 5.10 Å². The zero-order valence-corrected chi connectivity index (χ0v) is 16.0. The van der Waals surface area contributed by atoms with Crippen molar-refractivity contribution < 1.29 is 13.9 Å². The van der Waals surface area contributed by atoms with Gasteiger partial charge in [0.05, 0.1) is 36.4 Å². The number of phenols is 1. The standard InChI is InChI=1S/C20H19F2N7O/c1-28(17-6-12-2-5-15(25-12)19(17)22)20-23-9-16(26-27-20)14-4-3-13(7-18(14)30)29-10-11(21)8-24-29/h2-5,7-10,12,15,17,19,25,30H,6H2,1H3/t12-,15?,17-,19+/m0/s1. The summed E-state index contributed by atoms with van der Waals surface area (Å²) in [7, 11) is 1.76. The molecule has 154 valence electrons. The summed E-state index contributed by atoms with van der Waals surface area (Å²) in [5.41, 5.74) is 1.29. The number of piperidine rings is 1. The summed E-state index contributed by atoms with van der Waals surface area (Å²) in [6, 6.07) is 4.27. The number of nitrogens with one attached hydrogen (secondary N) is 1. The molecule has 0 radical (unpaired) electrons. The number of hydrogen-bond donors (Lipinski definition) is 2. The lowest BCUT2D eigenvalue weighted by molar-refractivity contribution is 0.186. The maximum absolute atomic E-state index is 14.8. The molecule has 2 aliphatic rings. The monoisotopic (exact) mass is 411 g/mol. The predicted molar refractivity (Wildman–Crippen MR) is 106 cm³/mol.